The quantitative estimate of drug-likeness (QED) is 0.618. The van der Waals surface area contributed by atoms with Gasteiger partial charge in [-0.2, -0.15) is 0 Å². The maximum Gasteiger partial charge on any atom is 0.122 e. The molecule has 16 heavy (non-hydrogen) atoms. The van der Waals surface area contributed by atoms with Gasteiger partial charge in [-0.3, -0.25) is 0 Å². The highest BCUT2D eigenvalue weighted by Crippen LogP contribution is 2.19. The fourth-order valence-corrected chi connectivity index (χ4v) is 1.32. The van der Waals surface area contributed by atoms with Gasteiger partial charge in [0.25, 0.3) is 0 Å². The third-order valence-corrected chi connectivity index (χ3v) is 2.34. The van der Waals surface area contributed by atoms with Gasteiger partial charge in [-0.1, -0.05) is 32.8 Å². The van der Waals surface area contributed by atoms with Gasteiger partial charge in [0.2, 0.25) is 0 Å². The van der Waals surface area contributed by atoms with Gasteiger partial charge in [-0.15, -0.1) is 0 Å². The SMILES string of the molecule is CCCCOc1cccc(OCCCC)c1. The van der Waals surface area contributed by atoms with E-state index >= 15 is 0 Å². The molecule has 0 saturated carbocycles. The Labute approximate surface area is 98.6 Å². The molecule has 0 spiro atoms. The Balaban J connectivity index is 2.37. The van der Waals surface area contributed by atoms with Crippen molar-refractivity contribution in [3.8, 4) is 11.5 Å². The van der Waals surface area contributed by atoms with Crippen LogP contribution in [0.2, 0.25) is 0 Å². The van der Waals surface area contributed by atoms with Gasteiger partial charge < -0.3 is 9.47 Å². The lowest BCUT2D eigenvalue weighted by Gasteiger charge is -2.08. The molecule has 0 atom stereocenters. The van der Waals surface area contributed by atoms with Crippen molar-refractivity contribution >= 4 is 0 Å². The summed E-state index contributed by atoms with van der Waals surface area (Å²) in [6, 6.07) is 7.89. The van der Waals surface area contributed by atoms with Crippen molar-refractivity contribution in [3.63, 3.8) is 0 Å². The highest BCUT2D eigenvalue weighted by Gasteiger charge is 1.97. The third-order valence-electron chi connectivity index (χ3n) is 2.34. The van der Waals surface area contributed by atoms with Crippen molar-refractivity contribution in [1.82, 2.24) is 0 Å². The van der Waals surface area contributed by atoms with Crippen LogP contribution in [0.5, 0.6) is 11.5 Å². The lowest BCUT2D eigenvalue weighted by molar-refractivity contribution is 0.294. The molecule has 0 fully saturated rings. The van der Waals surface area contributed by atoms with Gasteiger partial charge in [0, 0.05) is 6.07 Å². The average Bonchev–Trinajstić information content (AvgIpc) is 2.30. The number of benzene rings is 1. The molecule has 2 heteroatoms. The Bertz CT molecular complexity index is 259. The molecule has 0 heterocycles. The highest BCUT2D eigenvalue weighted by molar-refractivity contribution is 5.32. The zero-order chi connectivity index (χ0) is 11.6. The molecule has 2 nitrogen and oxygen atoms in total. The van der Waals surface area contributed by atoms with Crippen molar-refractivity contribution in [2.75, 3.05) is 13.2 Å². The van der Waals surface area contributed by atoms with E-state index in [0.717, 1.165) is 50.4 Å². The number of unbranched alkanes of at least 4 members (excludes halogenated alkanes) is 2. The summed E-state index contributed by atoms with van der Waals surface area (Å²) in [5.74, 6) is 1.81. The molecule has 0 aliphatic heterocycles. The van der Waals surface area contributed by atoms with Crippen LogP contribution in [0.4, 0.5) is 0 Å². The molecular weight excluding hydrogens is 200 g/mol. The number of rotatable bonds is 8. The van der Waals surface area contributed by atoms with Gasteiger partial charge in [-0.05, 0) is 25.0 Å². The first-order valence-electron chi connectivity index (χ1n) is 6.22. The second-order valence-corrected chi connectivity index (χ2v) is 3.88. The van der Waals surface area contributed by atoms with E-state index in [2.05, 4.69) is 13.8 Å². The number of hydrogen-bond acceptors (Lipinski definition) is 2. The summed E-state index contributed by atoms with van der Waals surface area (Å²) in [5.41, 5.74) is 0. The molecule has 0 aromatic heterocycles. The zero-order valence-electron chi connectivity index (χ0n) is 10.4. The lowest BCUT2D eigenvalue weighted by atomic mass is 10.3. The van der Waals surface area contributed by atoms with Gasteiger partial charge in [0.15, 0.2) is 0 Å². The van der Waals surface area contributed by atoms with Crippen molar-refractivity contribution in [1.29, 1.82) is 0 Å². The first-order valence-corrected chi connectivity index (χ1v) is 6.22. The van der Waals surface area contributed by atoms with Crippen LogP contribution < -0.4 is 9.47 Å². The molecule has 0 radical (unpaired) electrons. The van der Waals surface area contributed by atoms with E-state index in [-0.39, 0.29) is 0 Å². The Hall–Kier alpha value is -1.18. The second-order valence-electron chi connectivity index (χ2n) is 3.88. The van der Waals surface area contributed by atoms with Crippen molar-refractivity contribution in [3.05, 3.63) is 24.3 Å². The van der Waals surface area contributed by atoms with E-state index in [1.807, 2.05) is 24.3 Å². The smallest absolute Gasteiger partial charge is 0.122 e. The molecule has 1 rings (SSSR count). The van der Waals surface area contributed by atoms with E-state index in [1.165, 1.54) is 0 Å². The first kappa shape index (κ1) is 12.9. The number of hydrogen-bond donors (Lipinski definition) is 0. The predicted octanol–water partition coefficient (Wildman–Crippen LogP) is 4.04. The van der Waals surface area contributed by atoms with E-state index < -0.39 is 0 Å². The summed E-state index contributed by atoms with van der Waals surface area (Å²) in [6.45, 7) is 5.89. The normalized spacial score (nSPS) is 10.1. The molecule has 1 aromatic rings. The Morgan fingerprint density at radius 3 is 1.81 bits per heavy atom. The molecule has 0 aliphatic rings. The molecular formula is C14H22O2. The summed E-state index contributed by atoms with van der Waals surface area (Å²) >= 11 is 0. The van der Waals surface area contributed by atoms with E-state index in [1.54, 1.807) is 0 Å². The minimum absolute atomic E-state index is 0.787. The molecule has 0 amide bonds. The van der Waals surface area contributed by atoms with E-state index in [4.69, 9.17) is 9.47 Å². The van der Waals surface area contributed by atoms with Crippen LogP contribution in [-0.2, 0) is 0 Å². The Kier molecular flexibility index (Phi) is 6.47. The van der Waals surface area contributed by atoms with Crippen LogP contribution in [0.3, 0.4) is 0 Å². The Morgan fingerprint density at radius 1 is 0.875 bits per heavy atom. The summed E-state index contributed by atoms with van der Waals surface area (Å²) in [4.78, 5) is 0. The maximum atomic E-state index is 5.61. The third kappa shape index (κ3) is 5.06. The van der Waals surface area contributed by atoms with E-state index in [0.29, 0.717) is 0 Å². The summed E-state index contributed by atoms with van der Waals surface area (Å²) < 4.78 is 11.2. The zero-order valence-corrected chi connectivity index (χ0v) is 10.4. The van der Waals surface area contributed by atoms with Crippen LogP contribution in [0, 0.1) is 0 Å². The van der Waals surface area contributed by atoms with Crippen LogP contribution in [0.1, 0.15) is 39.5 Å². The average molecular weight is 222 g/mol. The monoisotopic (exact) mass is 222 g/mol. The summed E-state index contributed by atoms with van der Waals surface area (Å²) in [5, 5.41) is 0. The summed E-state index contributed by atoms with van der Waals surface area (Å²) in [6.07, 6.45) is 4.52. The largest absolute Gasteiger partial charge is 0.493 e. The van der Waals surface area contributed by atoms with Crippen molar-refractivity contribution < 1.29 is 9.47 Å². The molecule has 0 unspecified atom stereocenters. The van der Waals surface area contributed by atoms with Crippen LogP contribution in [-0.4, -0.2) is 13.2 Å². The van der Waals surface area contributed by atoms with Gasteiger partial charge in [0.05, 0.1) is 13.2 Å². The number of ether oxygens (including phenoxy) is 2. The lowest BCUT2D eigenvalue weighted by Crippen LogP contribution is -1.99. The molecule has 0 bridgehead atoms. The fraction of sp³-hybridized carbons (Fsp3) is 0.571. The fourth-order valence-electron chi connectivity index (χ4n) is 1.32. The molecule has 90 valence electrons. The van der Waals surface area contributed by atoms with Gasteiger partial charge >= 0.3 is 0 Å². The molecule has 0 saturated heterocycles. The second kappa shape index (κ2) is 8.03. The van der Waals surface area contributed by atoms with Crippen LogP contribution >= 0.6 is 0 Å². The summed E-state index contributed by atoms with van der Waals surface area (Å²) in [7, 11) is 0. The Morgan fingerprint density at radius 2 is 1.38 bits per heavy atom. The molecule has 0 aliphatic carbocycles. The highest BCUT2D eigenvalue weighted by atomic mass is 16.5. The van der Waals surface area contributed by atoms with Gasteiger partial charge in [0.1, 0.15) is 11.5 Å². The molecule has 0 N–H and O–H groups in total. The van der Waals surface area contributed by atoms with E-state index in [9.17, 15) is 0 Å². The minimum atomic E-state index is 0.787. The van der Waals surface area contributed by atoms with Crippen molar-refractivity contribution in [2.45, 2.75) is 39.5 Å². The van der Waals surface area contributed by atoms with Crippen molar-refractivity contribution in [2.24, 2.45) is 0 Å². The standard InChI is InChI=1S/C14H22O2/c1-3-5-10-15-13-8-7-9-14(12-13)16-11-6-4-2/h7-9,12H,3-6,10-11H2,1-2H3. The molecule has 1 aromatic carbocycles. The topological polar surface area (TPSA) is 18.5 Å². The maximum absolute atomic E-state index is 5.61. The predicted molar refractivity (Wildman–Crippen MR) is 67.2 cm³/mol. The van der Waals surface area contributed by atoms with Crippen LogP contribution in [0.15, 0.2) is 24.3 Å². The van der Waals surface area contributed by atoms with Crippen LogP contribution in [0.25, 0.3) is 0 Å². The first-order chi connectivity index (χ1) is 7.86. The minimum Gasteiger partial charge on any atom is -0.493 e. The van der Waals surface area contributed by atoms with Gasteiger partial charge in [-0.25, -0.2) is 0 Å².